The van der Waals surface area contributed by atoms with Crippen LogP contribution in [0.3, 0.4) is 0 Å². The minimum Gasteiger partial charge on any atom is -0.466 e. The molecule has 1 spiro atoms. The predicted molar refractivity (Wildman–Crippen MR) is 71.8 cm³/mol. The molecule has 2 saturated heterocycles. The van der Waals surface area contributed by atoms with Crippen molar-refractivity contribution in [2.75, 3.05) is 13.2 Å². The van der Waals surface area contributed by atoms with E-state index in [-0.39, 0.29) is 24.0 Å². The first-order valence-electron chi connectivity index (χ1n) is 7.38. The number of amides is 1. The van der Waals surface area contributed by atoms with Gasteiger partial charge in [-0.25, -0.2) is 0 Å². The molecule has 0 aliphatic carbocycles. The van der Waals surface area contributed by atoms with Crippen molar-refractivity contribution < 1.29 is 19.1 Å². The Kier molecular flexibility index (Phi) is 3.12. The third kappa shape index (κ3) is 1.65. The van der Waals surface area contributed by atoms with Crippen LogP contribution in [-0.2, 0) is 19.1 Å². The predicted octanol–water partition coefficient (Wildman–Crippen LogP) is 1.13. The average molecular weight is 279 g/mol. The lowest BCUT2D eigenvalue weighted by Crippen LogP contribution is -2.41. The van der Waals surface area contributed by atoms with Gasteiger partial charge in [-0.15, -0.1) is 0 Å². The van der Waals surface area contributed by atoms with Crippen molar-refractivity contribution >= 4 is 11.9 Å². The van der Waals surface area contributed by atoms with Crippen LogP contribution in [0.2, 0.25) is 0 Å². The number of carbonyl (C=O) groups excluding carboxylic acids is 2. The monoisotopic (exact) mass is 279 g/mol. The van der Waals surface area contributed by atoms with Gasteiger partial charge >= 0.3 is 5.97 Å². The van der Waals surface area contributed by atoms with Gasteiger partial charge in [0.25, 0.3) is 0 Å². The van der Waals surface area contributed by atoms with E-state index in [4.69, 9.17) is 9.47 Å². The van der Waals surface area contributed by atoms with E-state index in [9.17, 15) is 9.59 Å². The van der Waals surface area contributed by atoms with Gasteiger partial charge in [0, 0.05) is 6.04 Å². The molecule has 20 heavy (non-hydrogen) atoms. The zero-order valence-corrected chi connectivity index (χ0v) is 12.2. The Morgan fingerprint density at radius 3 is 3.00 bits per heavy atom. The molecule has 1 amide bonds. The van der Waals surface area contributed by atoms with Gasteiger partial charge in [0.2, 0.25) is 5.91 Å². The van der Waals surface area contributed by atoms with Crippen molar-refractivity contribution in [3.8, 4) is 0 Å². The van der Waals surface area contributed by atoms with Gasteiger partial charge in [0.05, 0.1) is 25.2 Å². The fraction of sp³-hybridized carbons (Fsp3) is 0.733. The molecule has 0 radical (unpaired) electrons. The highest BCUT2D eigenvalue weighted by Crippen LogP contribution is 2.52. The number of nitrogens with zero attached hydrogens (tertiary/aromatic N) is 1. The Balaban J connectivity index is 1.90. The van der Waals surface area contributed by atoms with Crippen LogP contribution in [0.1, 0.15) is 27.2 Å². The number of likely N-dealkylation sites (tertiary alicyclic amines) is 1. The van der Waals surface area contributed by atoms with Gasteiger partial charge < -0.3 is 14.4 Å². The molecule has 110 valence electrons. The summed E-state index contributed by atoms with van der Waals surface area (Å²) in [4.78, 5) is 26.7. The summed E-state index contributed by atoms with van der Waals surface area (Å²) in [5.74, 6) is -1.18. The first-order valence-corrected chi connectivity index (χ1v) is 7.38. The molecule has 3 aliphatic heterocycles. The number of rotatable bonds is 4. The molecule has 0 N–H and O–H groups in total. The molecule has 5 heteroatoms. The van der Waals surface area contributed by atoms with Crippen molar-refractivity contribution in [3.63, 3.8) is 0 Å². The summed E-state index contributed by atoms with van der Waals surface area (Å²) in [6.07, 6.45) is 4.47. The maximum absolute atomic E-state index is 12.7. The van der Waals surface area contributed by atoms with E-state index < -0.39 is 17.4 Å². The summed E-state index contributed by atoms with van der Waals surface area (Å²) in [6.45, 7) is 6.74. The van der Waals surface area contributed by atoms with E-state index in [0.717, 1.165) is 6.42 Å². The highest BCUT2D eigenvalue weighted by molar-refractivity contribution is 5.91. The molecule has 5 atom stereocenters. The van der Waals surface area contributed by atoms with Crippen LogP contribution < -0.4 is 0 Å². The average Bonchev–Trinajstić information content (AvgIpc) is 3.06. The van der Waals surface area contributed by atoms with Crippen LogP contribution in [0.15, 0.2) is 12.2 Å². The zero-order chi connectivity index (χ0) is 14.5. The summed E-state index contributed by atoms with van der Waals surface area (Å²) in [5, 5.41) is 0. The Hall–Kier alpha value is -1.36. The number of esters is 1. The summed E-state index contributed by atoms with van der Waals surface area (Å²) in [7, 11) is 0. The minimum absolute atomic E-state index is 0.0317. The summed E-state index contributed by atoms with van der Waals surface area (Å²) >= 11 is 0. The number of fused-ring (bicyclic) bond motifs is 1. The fourth-order valence-electron chi connectivity index (χ4n) is 3.63. The second kappa shape index (κ2) is 4.58. The molecule has 0 saturated carbocycles. The Morgan fingerprint density at radius 2 is 2.35 bits per heavy atom. The minimum atomic E-state index is -0.609. The Labute approximate surface area is 118 Å². The largest absolute Gasteiger partial charge is 0.466 e. The summed E-state index contributed by atoms with van der Waals surface area (Å²) in [5.41, 5.74) is -0.609. The van der Waals surface area contributed by atoms with Gasteiger partial charge in [0.1, 0.15) is 11.5 Å². The van der Waals surface area contributed by atoms with Crippen molar-refractivity contribution in [3.05, 3.63) is 12.2 Å². The molecule has 2 fully saturated rings. The molecule has 0 aromatic rings. The van der Waals surface area contributed by atoms with E-state index in [1.165, 1.54) is 0 Å². The standard InChI is InChI=1S/C15H21NO4/c1-4-9(3)16-8-15-7-6-10(20-15)11(12(15)13(16)17)14(18)19-5-2/h6-7,9-12H,4-5,8H2,1-3H3/t9-,10+,11-,12-,15+/m1/s1. The number of hydrogen-bond acceptors (Lipinski definition) is 4. The maximum atomic E-state index is 12.7. The Morgan fingerprint density at radius 1 is 1.60 bits per heavy atom. The third-order valence-electron chi connectivity index (χ3n) is 4.81. The van der Waals surface area contributed by atoms with Crippen LogP contribution >= 0.6 is 0 Å². The SMILES string of the molecule is CCOC(=O)[C@@H]1[C@@H]2C=C[C@@]3(CN([C@H](C)CC)C(=O)[C@@H]13)O2. The second-order valence-electron chi connectivity index (χ2n) is 5.88. The van der Waals surface area contributed by atoms with Crippen LogP contribution in [0.4, 0.5) is 0 Å². The van der Waals surface area contributed by atoms with Crippen molar-refractivity contribution in [1.29, 1.82) is 0 Å². The van der Waals surface area contributed by atoms with Gasteiger partial charge in [-0.1, -0.05) is 19.1 Å². The highest BCUT2D eigenvalue weighted by Gasteiger charge is 2.67. The second-order valence-corrected chi connectivity index (χ2v) is 5.88. The summed E-state index contributed by atoms with van der Waals surface area (Å²) in [6, 6.07) is 0.168. The van der Waals surface area contributed by atoms with E-state index in [0.29, 0.717) is 13.2 Å². The first-order chi connectivity index (χ1) is 9.54. The normalized spacial score (nSPS) is 39.2. The molecule has 0 aromatic carbocycles. The van der Waals surface area contributed by atoms with Gasteiger partial charge in [-0.05, 0) is 20.3 Å². The molecular weight excluding hydrogens is 258 g/mol. The fourth-order valence-corrected chi connectivity index (χ4v) is 3.63. The molecule has 0 unspecified atom stereocenters. The number of ether oxygens (including phenoxy) is 2. The van der Waals surface area contributed by atoms with E-state index in [2.05, 4.69) is 6.92 Å². The zero-order valence-electron chi connectivity index (χ0n) is 12.2. The maximum Gasteiger partial charge on any atom is 0.312 e. The van der Waals surface area contributed by atoms with Crippen LogP contribution in [0.5, 0.6) is 0 Å². The van der Waals surface area contributed by atoms with Crippen molar-refractivity contribution in [2.24, 2.45) is 11.8 Å². The molecular formula is C15H21NO4. The van der Waals surface area contributed by atoms with E-state index in [1.54, 1.807) is 6.92 Å². The molecule has 3 rings (SSSR count). The van der Waals surface area contributed by atoms with Crippen molar-refractivity contribution in [1.82, 2.24) is 4.90 Å². The number of hydrogen-bond donors (Lipinski definition) is 0. The van der Waals surface area contributed by atoms with Crippen LogP contribution in [-0.4, -0.2) is 47.7 Å². The lowest BCUT2D eigenvalue weighted by atomic mass is 9.77. The topological polar surface area (TPSA) is 55.8 Å². The van der Waals surface area contributed by atoms with E-state index >= 15 is 0 Å². The Bertz CT molecular complexity index is 474. The quantitative estimate of drug-likeness (QED) is 0.572. The highest BCUT2D eigenvalue weighted by atomic mass is 16.6. The van der Waals surface area contributed by atoms with Crippen LogP contribution in [0, 0.1) is 11.8 Å². The summed E-state index contributed by atoms with van der Waals surface area (Å²) < 4.78 is 11.1. The third-order valence-corrected chi connectivity index (χ3v) is 4.81. The van der Waals surface area contributed by atoms with E-state index in [1.807, 2.05) is 24.0 Å². The van der Waals surface area contributed by atoms with Gasteiger partial charge in [-0.2, -0.15) is 0 Å². The molecule has 5 nitrogen and oxygen atoms in total. The molecule has 2 bridgehead atoms. The number of carbonyl (C=O) groups is 2. The van der Waals surface area contributed by atoms with Crippen molar-refractivity contribution in [2.45, 2.75) is 44.9 Å². The molecule has 3 aliphatic rings. The van der Waals surface area contributed by atoms with Crippen LogP contribution in [0.25, 0.3) is 0 Å². The lowest BCUT2D eigenvalue weighted by molar-refractivity contribution is -0.153. The van der Waals surface area contributed by atoms with Gasteiger partial charge in [-0.3, -0.25) is 9.59 Å². The lowest BCUT2D eigenvalue weighted by Gasteiger charge is -2.26. The molecule has 3 heterocycles. The smallest absolute Gasteiger partial charge is 0.312 e. The van der Waals surface area contributed by atoms with Gasteiger partial charge in [0.15, 0.2) is 0 Å². The molecule has 0 aromatic heterocycles. The first kappa shape index (κ1) is 13.6.